The number of ether oxygens (including phenoxy) is 1. The van der Waals surface area contributed by atoms with Crippen LogP contribution in [0.15, 0.2) is 12.3 Å². The fourth-order valence-corrected chi connectivity index (χ4v) is 1.62. The van der Waals surface area contributed by atoms with Crippen molar-refractivity contribution in [2.75, 3.05) is 19.7 Å². The van der Waals surface area contributed by atoms with E-state index in [-0.39, 0.29) is 11.9 Å². The molecule has 1 aliphatic heterocycles. The van der Waals surface area contributed by atoms with Crippen LogP contribution in [-0.4, -0.2) is 41.4 Å². The molecule has 0 radical (unpaired) electrons. The molecule has 0 spiro atoms. The second kappa shape index (κ2) is 4.55. The van der Waals surface area contributed by atoms with Crippen molar-refractivity contribution < 1.29 is 9.53 Å². The van der Waals surface area contributed by atoms with Crippen molar-refractivity contribution in [3.63, 3.8) is 0 Å². The Morgan fingerprint density at radius 2 is 2.67 bits per heavy atom. The lowest BCUT2D eigenvalue weighted by Gasteiger charge is -2.21. The first-order valence-electron chi connectivity index (χ1n) is 5.09. The van der Waals surface area contributed by atoms with Crippen molar-refractivity contribution in [2.24, 2.45) is 7.05 Å². The van der Waals surface area contributed by atoms with Gasteiger partial charge in [0.2, 0.25) is 0 Å². The number of rotatable bonds is 3. The highest BCUT2D eigenvalue weighted by molar-refractivity contribution is 5.85. The number of Topliss-reactive ketones (excluding diaryl/α,β-unsaturated/α-hetero) is 1. The number of nitrogens with zero attached hydrogens (tertiary/aromatic N) is 2. The summed E-state index contributed by atoms with van der Waals surface area (Å²) in [7, 11) is 1.84. The van der Waals surface area contributed by atoms with Gasteiger partial charge in [0.1, 0.15) is 6.10 Å². The SMILES string of the molecule is Cn1ccc(CC(=O)C2CNCCO2)n1. The zero-order chi connectivity index (χ0) is 10.7. The Hall–Kier alpha value is -1.20. The molecule has 0 bridgehead atoms. The minimum atomic E-state index is -0.305. The van der Waals surface area contributed by atoms with E-state index in [0.717, 1.165) is 12.2 Å². The summed E-state index contributed by atoms with van der Waals surface area (Å²) >= 11 is 0. The maximum atomic E-state index is 11.8. The largest absolute Gasteiger partial charge is 0.368 e. The van der Waals surface area contributed by atoms with Crippen LogP contribution in [0.4, 0.5) is 0 Å². The Bertz CT molecular complexity index is 342. The van der Waals surface area contributed by atoms with Crippen molar-refractivity contribution in [1.29, 1.82) is 0 Å². The molecule has 1 unspecified atom stereocenters. The van der Waals surface area contributed by atoms with Gasteiger partial charge in [0.15, 0.2) is 5.78 Å². The standard InChI is InChI=1S/C10H15N3O2/c1-13-4-2-8(12-13)6-9(14)10-7-11-3-5-15-10/h2,4,10-11H,3,5-7H2,1H3. The molecule has 82 valence electrons. The van der Waals surface area contributed by atoms with Crippen LogP contribution in [0, 0.1) is 0 Å². The van der Waals surface area contributed by atoms with Crippen LogP contribution >= 0.6 is 0 Å². The van der Waals surface area contributed by atoms with Crippen molar-refractivity contribution in [3.8, 4) is 0 Å². The molecule has 0 aliphatic carbocycles. The predicted octanol–water partition coefficient (Wildman–Crippen LogP) is -0.480. The molecule has 1 aromatic rings. The van der Waals surface area contributed by atoms with E-state index in [1.807, 2.05) is 19.3 Å². The number of nitrogens with one attached hydrogen (secondary N) is 1. The third-order valence-corrected chi connectivity index (χ3v) is 2.41. The van der Waals surface area contributed by atoms with Crippen LogP contribution in [0.3, 0.4) is 0 Å². The van der Waals surface area contributed by atoms with E-state index in [0.29, 0.717) is 19.6 Å². The first-order chi connectivity index (χ1) is 7.25. The van der Waals surface area contributed by atoms with Gasteiger partial charge in [-0.05, 0) is 6.07 Å². The van der Waals surface area contributed by atoms with Crippen LogP contribution in [-0.2, 0) is 23.0 Å². The van der Waals surface area contributed by atoms with Gasteiger partial charge in [-0.25, -0.2) is 0 Å². The molecule has 15 heavy (non-hydrogen) atoms. The zero-order valence-corrected chi connectivity index (χ0v) is 8.77. The summed E-state index contributed by atoms with van der Waals surface area (Å²) in [5, 5.41) is 7.30. The van der Waals surface area contributed by atoms with E-state index in [4.69, 9.17) is 4.74 Å². The molecule has 1 aliphatic rings. The average Bonchev–Trinajstić information content (AvgIpc) is 2.65. The van der Waals surface area contributed by atoms with Gasteiger partial charge in [0.25, 0.3) is 0 Å². The van der Waals surface area contributed by atoms with Crippen LogP contribution in [0.25, 0.3) is 0 Å². The lowest BCUT2D eigenvalue weighted by atomic mass is 10.1. The van der Waals surface area contributed by atoms with E-state index in [9.17, 15) is 4.79 Å². The fourth-order valence-electron chi connectivity index (χ4n) is 1.62. The van der Waals surface area contributed by atoms with Crippen molar-refractivity contribution in [1.82, 2.24) is 15.1 Å². The summed E-state index contributed by atoms with van der Waals surface area (Å²) in [6.45, 7) is 2.05. The Labute approximate surface area is 88.4 Å². The fraction of sp³-hybridized carbons (Fsp3) is 0.600. The number of hydrogen-bond acceptors (Lipinski definition) is 4. The Balaban J connectivity index is 1.91. The number of morpholine rings is 1. The van der Waals surface area contributed by atoms with Gasteiger partial charge in [-0.1, -0.05) is 0 Å². The summed E-state index contributed by atoms with van der Waals surface area (Å²) in [6.07, 6.45) is 1.89. The molecule has 1 N–H and O–H groups in total. The lowest BCUT2D eigenvalue weighted by molar-refractivity contribution is -0.131. The molecule has 1 aromatic heterocycles. The third-order valence-electron chi connectivity index (χ3n) is 2.41. The zero-order valence-electron chi connectivity index (χ0n) is 8.77. The highest BCUT2D eigenvalue weighted by Crippen LogP contribution is 2.03. The van der Waals surface area contributed by atoms with Gasteiger partial charge >= 0.3 is 0 Å². The second-order valence-corrected chi connectivity index (χ2v) is 3.69. The summed E-state index contributed by atoms with van der Waals surface area (Å²) in [6, 6.07) is 1.86. The van der Waals surface area contributed by atoms with Gasteiger partial charge in [-0.2, -0.15) is 5.10 Å². The van der Waals surface area contributed by atoms with Crippen LogP contribution < -0.4 is 5.32 Å². The molecule has 0 amide bonds. The second-order valence-electron chi connectivity index (χ2n) is 3.69. The number of ketones is 1. The molecule has 0 saturated carbocycles. The minimum Gasteiger partial charge on any atom is -0.368 e. The Morgan fingerprint density at radius 3 is 3.27 bits per heavy atom. The highest BCUT2D eigenvalue weighted by atomic mass is 16.5. The monoisotopic (exact) mass is 209 g/mol. The van der Waals surface area contributed by atoms with E-state index in [1.54, 1.807) is 4.68 Å². The number of hydrogen-bond donors (Lipinski definition) is 1. The van der Waals surface area contributed by atoms with E-state index >= 15 is 0 Å². The molecule has 5 nitrogen and oxygen atoms in total. The van der Waals surface area contributed by atoms with E-state index < -0.39 is 0 Å². The number of carbonyl (C=O) groups excluding carboxylic acids is 1. The molecular weight excluding hydrogens is 194 g/mol. The molecule has 1 atom stereocenters. The quantitative estimate of drug-likeness (QED) is 0.730. The smallest absolute Gasteiger partial charge is 0.168 e. The summed E-state index contributed by atoms with van der Waals surface area (Å²) in [4.78, 5) is 11.8. The predicted molar refractivity (Wildman–Crippen MR) is 54.5 cm³/mol. The molecule has 5 heteroatoms. The average molecular weight is 209 g/mol. The van der Waals surface area contributed by atoms with Gasteiger partial charge < -0.3 is 10.1 Å². The maximum Gasteiger partial charge on any atom is 0.168 e. The van der Waals surface area contributed by atoms with E-state index in [1.165, 1.54) is 0 Å². The Kier molecular flexibility index (Phi) is 3.13. The molecule has 1 saturated heterocycles. The maximum absolute atomic E-state index is 11.8. The van der Waals surface area contributed by atoms with Gasteiger partial charge in [-0.3, -0.25) is 9.48 Å². The Morgan fingerprint density at radius 1 is 1.80 bits per heavy atom. The van der Waals surface area contributed by atoms with Gasteiger partial charge in [-0.15, -0.1) is 0 Å². The molecule has 1 fully saturated rings. The molecule has 0 aromatic carbocycles. The minimum absolute atomic E-state index is 0.0981. The molecule has 2 rings (SSSR count). The van der Waals surface area contributed by atoms with Crippen molar-refractivity contribution in [2.45, 2.75) is 12.5 Å². The molecule has 2 heterocycles. The summed E-state index contributed by atoms with van der Waals surface area (Å²) < 4.78 is 7.07. The first-order valence-corrected chi connectivity index (χ1v) is 5.09. The number of aromatic nitrogens is 2. The van der Waals surface area contributed by atoms with Crippen LogP contribution in [0.2, 0.25) is 0 Å². The summed E-state index contributed by atoms with van der Waals surface area (Å²) in [5.41, 5.74) is 0.802. The van der Waals surface area contributed by atoms with Gasteiger partial charge in [0.05, 0.1) is 18.7 Å². The van der Waals surface area contributed by atoms with Gasteiger partial charge in [0, 0.05) is 26.3 Å². The normalized spacial score (nSPS) is 21.5. The molecular formula is C10H15N3O2. The number of aryl methyl sites for hydroxylation is 1. The lowest BCUT2D eigenvalue weighted by Crippen LogP contribution is -2.43. The van der Waals surface area contributed by atoms with Crippen molar-refractivity contribution >= 4 is 5.78 Å². The topological polar surface area (TPSA) is 56.2 Å². The van der Waals surface area contributed by atoms with Crippen molar-refractivity contribution in [3.05, 3.63) is 18.0 Å². The summed E-state index contributed by atoms with van der Waals surface area (Å²) in [5.74, 6) is 0.0981. The van der Waals surface area contributed by atoms with E-state index in [2.05, 4.69) is 10.4 Å². The van der Waals surface area contributed by atoms with Crippen LogP contribution in [0.5, 0.6) is 0 Å². The first kappa shape index (κ1) is 10.3. The number of carbonyl (C=O) groups is 1. The van der Waals surface area contributed by atoms with Crippen LogP contribution in [0.1, 0.15) is 5.69 Å². The third kappa shape index (κ3) is 2.64. The highest BCUT2D eigenvalue weighted by Gasteiger charge is 2.22.